The monoisotopic (exact) mass is 542 g/mol. The molecule has 0 aromatic heterocycles. The van der Waals surface area contributed by atoms with Gasteiger partial charge in [-0.3, -0.25) is 14.4 Å². The molecule has 0 unspecified atom stereocenters. The molecule has 0 bridgehead atoms. The van der Waals surface area contributed by atoms with E-state index in [2.05, 4.69) is 0 Å². The number of aliphatic hydroxyl groups excluding tert-OH is 3. The Balaban J connectivity index is 1.65. The highest BCUT2D eigenvalue weighted by Crippen LogP contribution is 2.50. The lowest BCUT2D eigenvalue weighted by Gasteiger charge is -2.50. The first-order valence-electron chi connectivity index (χ1n) is 12.7. The fraction of sp³-hybridized carbons (Fsp3) is 0.464. The number of ketones is 3. The number of hydrogen-bond acceptors (Lipinski definition) is 11. The Kier molecular flexibility index (Phi) is 6.65. The van der Waals surface area contributed by atoms with Crippen LogP contribution < -0.4 is 0 Å². The van der Waals surface area contributed by atoms with Crippen molar-refractivity contribution in [3.8, 4) is 11.5 Å². The van der Waals surface area contributed by atoms with E-state index in [4.69, 9.17) is 9.47 Å². The highest BCUT2D eigenvalue weighted by molar-refractivity contribution is 6.14. The van der Waals surface area contributed by atoms with Gasteiger partial charge in [-0.1, -0.05) is 18.2 Å². The second-order valence-electron chi connectivity index (χ2n) is 10.5. The van der Waals surface area contributed by atoms with Crippen molar-refractivity contribution < 1.29 is 54.5 Å². The lowest BCUT2D eigenvalue weighted by Crippen LogP contribution is -2.63. The van der Waals surface area contributed by atoms with Crippen molar-refractivity contribution in [3.63, 3.8) is 0 Å². The van der Waals surface area contributed by atoms with E-state index in [1.807, 2.05) is 0 Å². The minimum atomic E-state index is -2.08. The lowest BCUT2D eigenvalue weighted by molar-refractivity contribution is -0.273. The van der Waals surface area contributed by atoms with Crippen LogP contribution in [0.25, 0.3) is 10.8 Å². The maximum Gasteiger partial charge on any atom is 0.203 e. The summed E-state index contributed by atoms with van der Waals surface area (Å²) in [4.78, 5) is 38.9. The number of fused-ring (bicyclic) bond motifs is 3. The van der Waals surface area contributed by atoms with Gasteiger partial charge in [0.1, 0.15) is 24.2 Å². The van der Waals surface area contributed by atoms with Crippen molar-refractivity contribution in [2.75, 3.05) is 6.61 Å². The SMILES string of the molecule is CC(=O)C1=C[C@@]2(O[C@H]3CC[C@@](O)(C(=O)CO)[C@H](C)O3)C(=O)c3c(cc4cccc(O)c4c3O)C[C@H]2[C@@H](O)[C@H]1O. The normalized spacial score (nSPS) is 34.3. The third-order valence-corrected chi connectivity index (χ3v) is 8.35. The molecule has 1 aliphatic heterocycles. The largest absolute Gasteiger partial charge is 0.507 e. The molecule has 7 atom stereocenters. The number of phenolic OH excluding ortho intramolecular Hbond substituents is 2. The molecule has 2 aliphatic carbocycles. The topological polar surface area (TPSA) is 191 Å². The van der Waals surface area contributed by atoms with Crippen LogP contribution in [0.2, 0.25) is 0 Å². The second kappa shape index (κ2) is 9.47. The Morgan fingerprint density at radius 1 is 1.21 bits per heavy atom. The molecular weight excluding hydrogens is 512 g/mol. The molecule has 0 spiro atoms. The third kappa shape index (κ3) is 4.00. The van der Waals surface area contributed by atoms with Crippen LogP contribution in [0.3, 0.4) is 0 Å². The zero-order valence-electron chi connectivity index (χ0n) is 21.3. The van der Waals surface area contributed by atoms with Crippen LogP contribution in [0.4, 0.5) is 0 Å². The molecule has 11 nitrogen and oxygen atoms in total. The number of carbonyl (C=O) groups excluding carboxylic acids is 3. The fourth-order valence-electron chi connectivity index (χ4n) is 6.15. The zero-order chi connectivity index (χ0) is 28.4. The summed E-state index contributed by atoms with van der Waals surface area (Å²) in [7, 11) is 0. The number of Topliss-reactive ketones (excluding diaryl/α,β-unsaturated/α-hetero) is 3. The van der Waals surface area contributed by atoms with Gasteiger partial charge >= 0.3 is 0 Å². The van der Waals surface area contributed by atoms with Gasteiger partial charge in [0.15, 0.2) is 29.1 Å². The quantitative estimate of drug-likeness (QED) is 0.307. The fourth-order valence-corrected chi connectivity index (χ4v) is 6.15. The summed E-state index contributed by atoms with van der Waals surface area (Å²) in [6.07, 6.45) is -4.70. The molecule has 5 rings (SSSR count). The van der Waals surface area contributed by atoms with E-state index in [9.17, 15) is 45.0 Å². The molecule has 6 N–H and O–H groups in total. The summed E-state index contributed by atoms with van der Waals surface area (Å²) in [5, 5.41) is 64.0. The van der Waals surface area contributed by atoms with Crippen LogP contribution in [0.1, 0.15) is 42.6 Å². The van der Waals surface area contributed by atoms with Gasteiger partial charge in [0.2, 0.25) is 5.78 Å². The first-order chi connectivity index (χ1) is 18.4. The highest BCUT2D eigenvalue weighted by atomic mass is 16.7. The molecule has 0 radical (unpaired) electrons. The number of aliphatic hydroxyl groups is 4. The van der Waals surface area contributed by atoms with Crippen LogP contribution in [0.15, 0.2) is 35.9 Å². The van der Waals surface area contributed by atoms with Gasteiger partial charge in [0.25, 0.3) is 0 Å². The van der Waals surface area contributed by atoms with Crippen molar-refractivity contribution in [1.29, 1.82) is 0 Å². The molecule has 1 fully saturated rings. The molecule has 2 aromatic rings. The smallest absolute Gasteiger partial charge is 0.203 e. The van der Waals surface area contributed by atoms with E-state index in [0.29, 0.717) is 10.9 Å². The van der Waals surface area contributed by atoms with E-state index in [1.54, 1.807) is 18.2 Å². The van der Waals surface area contributed by atoms with E-state index in [0.717, 1.165) is 6.08 Å². The Labute approximate surface area is 222 Å². The van der Waals surface area contributed by atoms with E-state index in [-0.39, 0.29) is 41.5 Å². The summed E-state index contributed by atoms with van der Waals surface area (Å²) in [6.45, 7) is 1.68. The van der Waals surface area contributed by atoms with Gasteiger partial charge in [-0.2, -0.15) is 0 Å². The number of benzene rings is 2. The maximum atomic E-state index is 14.3. The van der Waals surface area contributed by atoms with Gasteiger partial charge in [-0.15, -0.1) is 0 Å². The van der Waals surface area contributed by atoms with Crippen LogP contribution in [-0.2, 0) is 25.5 Å². The molecule has 3 aliphatic rings. The van der Waals surface area contributed by atoms with E-state index in [1.165, 1.54) is 19.9 Å². The van der Waals surface area contributed by atoms with Crippen LogP contribution in [0.5, 0.6) is 11.5 Å². The van der Waals surface area contributed by atoms with Crippen molar-refractivity contribution in [1.82, 2.24) is 0 Å². The molecule has 1 saturated heterocycles. The van der Waals surface area contributed by atoms with Crippen molar-refractivity contribution in [2.45, 2.75) is 68.9 Å². The van der Waals surface area contributed by atoms with E-state index >= 15 is 0 Å². The molecular formula is C28H30O11. The average Bonchev–Trinajstić information content (AvgIpc) is 2.89. The number of hydrogen-bond donors (Lipinski definition) is 6. The van der Waals surface area contributed by atoms with Crippen molar-refractivity contribution >= 4 is 28.1 Å². The predicted octanol–water partition coefficient (Wildman–Crippen LogP) is 0.430. The Morgan fingerprint density at radius 2 is 1.92 bits per heavy atom. The lowest BCUT2D eigenvalue weighted by atomic mass is 9.63. The zero-order valence-corrected chi connectivity index (χ0v) is 21.3. The molecule has 2 aromatic carbocycles. The molecule has 11 heteroatoms. The van der Waals surface area contributed by atoms with Gasteiger partial charge in [-0.05, 0) is 49.8 Å². The van der Waals surface area contributed by atoms with E-state index < -0.39 is 71.4 Å². The first-order valence-corrected chi connectivity index (χ1v) is 12.7. The van der Waals surface area contributed by atoms with Gasteiger partial charge in [0, 0.05) is 17.9 Å². The Morgan fingerprint density at radius 3 is 2.56 bits per heavy atom. The number of aromatic hydroxyl groups is 2. The number of rotatable bonds is 5. The molecule has 0 amide bonds. The average molecular weight is 543 g/mol. The van der Waals surface area contributed by atoms with Crippen LogP contribution >= 0.6 is 0 Å². The standard InChI is InChI=1S/C28H30O11/c1-12(30)16-10-28(39-20-6-7-27(37,13(2)38-20)19(32)11-29)17(24(34)23(16)33)9-15-8-14-4-3-5-18(31)21(14)25(35)22(15)26(28)36/h3-5,8,10,13,17,20,23-24,29,31,33-35,37H,6-7,9,11H2,1-2H3/t13-,17-,20-,23-,24+,27-,28-/m0/s1. The summed E-state index contributed by atoms with van der Waals surface area (Å²) >= 11 is 0. The van der Waals surface area contributed by atoms with Gasteiger partial charge < -0.3 is 40.1 Å². The van der Waals surface area contributed by atoms with Gasteiger partial charge in [-0.25, -0.2) is 0 Å². The molecule has 0 saturated carbocycles. The number of ether oxygens (including phenoxy) is 2. The Bertz CT molecular complexity index is 1410. The Hall–Kier alpha value is -3.19. The summed E-state index contributed by atoms with van der Waals surface area (Å²) in [6, 6.07) is 6.18. The minimum Gasteiger partial charge on any atom is -0.507 e. The molecule has 208 valence electrons. The second-order valence-corrected chi connectivity index (χ2v) is 10.5. The summed E-state index contributed by atoms with van der Waals surface area (Å²) in [5.41, 5.74) is -4.13. The molecule has 39 heavy (non-hydrogen) atoms. The van der Waals surface area contributed by atoms with Crippen molar-refractivity contribution in [2.24, 2.45) is 5.92 Å². The highest BCUT2D eigenvalue weighted by Gasteiger charge is 2.60. The number of carbonyl (C=O) groups is 3. The predicted molar refractivity (Wildman–Crippen MR) is 134 cm³/mol. The van der Waals surface area contributed by atoms with Crippen molar-refractivity contribution in [3.05, 3.63) is 47.0 Å². The maximum absolute atomic E-state index is 14.3. The summed E-state index contributed by atoms with van der Waals surface area (Å²) in [5.74, 6) is -4.12. The van der Waals surface area contributed by atoms with Crippen LogP contribution in [0, 0.1) is 5.92 Å². The van der Waals surface area contributed by atoms with Gasteiger partial charge in [0.05, 0.1) is 23.2 Å². The summed E-state index contributed by atoms with van der Waals surface area (Å²) < 4.78 is 12.0. The molecule has 1 heterocycles. The number of phenols is 2. The first kappa shape index (κ1) is 27.4. The third-order valence-electron chi connectivity index (χ3n) is 8.35. The minimum absolute atomic E-state index is 0.0421. The van der Waals surface area contributed by atoms with Crippen LogP contribution in [-0.4, -0.2) is 90.4 Å².